The predicted octanol–water partition coefficient (Wildman–Crippen LogP) is 0.552. The smallest absolute Gasteiger partial charge is 0.195 e. The van der Waals surface area contributed by atoms with Crippen molar-refractivity contribution in [1.29, 1.82) is 5.26 Å². The van der Waals surface area contributed by atoms with Crippen LogP contribution in [0.15, 0.2) is 0 Å². The summed E-state index contributed by atoms with van der Waals surface area (Å²) in [6, 6.07) is 2.13. The van der Waals surface area contributed by atoms with Crippen molar-refractivity contribution in [1.82, 2.24) is 20.2 Å². The highest BCUT2D eigenvalue weighted by atomic mass is 16.1. The molecule has 6 nitrogen and oxygen atoms in total. The number of hydrogen-bond acceptors (Lipinski definition) is 5. The van der Waals surface area contributed by atoms with E-state index < -0.39 is 5.41 Å². The fourth-order valence-electron chi connectivity index (χ4n) is 1.60. The van der Waals surface area contributed by atoms with E-state index in [4.69, 9.17) is 5.26 Å². The topological polar surface area (TPSA) is 84.5 Å². The maximum absolute atomic E-state index is 11.0. The number of tetrazole rings is 1. The second-order valence-corrected chi connectivity index (χ2v) is 5.16. The van der Waals surface area contributed by atoms with Gasteiger partial charge in [-0.25, -0.2) is 0 Å². The van der Waals surface area contributed by atoms with Crippen molar-refractivity contribution in [3.8, 4) is 6.07 Å². The van der Waals surface area contributed by atoms with Crippen LogP contribution in [0.2, 0.25) is 0 Å². The van der Waals surface area contributed by atoms with Gasteiger partial charge in [0.05, 0.1) is 11.6 Å². The average molecular weight is 219 g/mol. The van der Waals surface area contributed by atoms with Crippen molar-refractivity contribution < 1.29 is 4.79 Å². The lowest BCUT2D eigenvalue weighted by Gasteiger charge is -2.30. The molecule has 1 fully saturated rings. The van der Waals surface area contributed by atoms with E-state index in [1.54, 1.807) is 0 Å². The zero-order valence-electron chi connectivity index (χ0n) is 9.56. The highest BCUT2D eigenvalue weighted by Crippen LogP contribution is 2.38. The Hall–Kier alpha value is -1.77. The summed E-state index contributed by atoms with van der Waals surface area (Å²) >= 11 is 0. The van der Waals surface area contributed by atoms with Gasteiger partial charge in [0, 0.05) is 12.8 Å². The van der Waals surface area contributed by atoms with Crippen LogP contribution < -0.4 is 0 Å². The summed E-state index contributed by atoms with van der Waals surface area (Å²) in [4.78, 5) is 12.5. The van der Waals surface area contributed by atoms with Gasteiger partial charge in [0.25, 0.3) is 0 Å². The molecule has 1 saturated carbocycles. The minimum atomic E-state index is -0.833. The summed E-state index contributed by atoms with van der Waals surface area (Å²) in [6.45, 7) is 5.84. The monoisotopic (exact) mass is 219 g/mol. The van der Waals surface area contributed by atoms with Gasteiger partial charge in [-0.05, 0) is 26.0 Å². The Kier molecular flexibility index (Phi) is 2.09. The number of ketones is 1. The minimum Gasteiger partial charge on any atom is -0.300 e. The summed E-state index contributed by atoms with van der Waals surface area (Å²) in [5.74, 6) is 0.443. The largest absolute Gasteiger partial charge is 0.300 e. The SMILES string of the molecule is CC(C)(C)n1nnc(C2(C#N)CC(=O)C2)n1. The fraction of sp³-hybridized carbons (Fsp3) is 0.700. The van der Waals surface area contributed by atoms with Gasteiger partial charge in [-0.3, -0.25) is 4.79 Å². The Bertz CT molecular complexity index is 468. The van der Waals surface area contributed by atoms with Gasteiger partial charge in [0.2, 0.25) is 0 Å². The average Bonchev–Trinajstić information content (AvgIpc) is 2.60. The second kappa shape index (κ2) is 3.11. The van der Waals surface area contributed by atoms with E-state index in [0.29, 0.717) is 5.82 Å². The van der Waals surface area contributed by atoms with Crippen molar-refractivity contribution in [2.24, 2.45) is 0 Å². The summed E-state index contributed by atoms with van der Waals surface area (Å²) in [5.41, 5.74) is -1.10. The van der Waals surface area contributed by atoms with Gasteiger partial charge in [-0.2, -0.15) is 10.1 Å². The Labute approximate surface area is 93.2 Å². The summed E-state index contributed by atoms with van der Waals surface area (Å²) in [6.07, 6.45) is 0.415. The molecule has 0 aromatic carbocycles. The molecule has 1 aliphatic carbocycles. The fourth-order valence-corrected chi connectivity index (χ4v) is 1.60. The molecule has 16 heavy (non-hydrogen) atoms. The van der Waals surface area contributed by atoms with E-state index in [1.807, 2.05) is 20.8 Å². The first kappa shape index (κ1) is 10.7. The molecule has 0 aliphatic heterocycles. The van der Waals surface area contributed by atoms with Gasteiger partial charge in [0.15, 0.2) is 5.82 Å². The van der Waals surface area contributed by atoms with Crippen LogP contribution in [0.1, 0.15) is 39.4 Å². The predicted molar refractivity (Wildman–Crippen MR) is 54.3 cm³/mol. The van der Waals surface area contributed by atoms with Crippen LogP contribution in [0.4, 0.5) is 0 Å². The standard InChI is InChI=1S/C10H13N5O/c1-9(2,3)15-13-8(12-14-15)10(6-11)4-7(16)5-10/h4-5H2,1-3H3. The lowest BCUT2D eigenvalue weighted by Crippen LogP contribution is -2.41. The third kappa shape index (κ3) is 1.48. The van der Waals surface area contributed by atoms with Crippen molar-refractivity contribution in [2.75, 3.05) is 0 Å². The van der Waals surface area contributed by atoms with Gasteiger partial charge in [-0.15, -0.1) is 10.2 Å². The van der Waals surface area contributed by atoms with Crippen LogP contribution in [0.3, 0.4) is 0 Å². The number of carbonyl (C=O) groups excluding carboxylic acids is 1. The molecular formula is C10H13N5O. The van der Waals surface area contributed by atoms with Crippen molar-refractivity contribution >= 4 is 5.78 Å². The van der Waals surface area contributed by atoms with Crippen LogP contribution in [-0.4, -0.2) is 26.0 Å². The molecule has 0 amide bonds. The first-order valence-corrected chi connectivity index (χ1v) is 5.11. The molecule has 0 radical (unpaired) electrons. The molecule has 0 bridgehead atoms. The molecule has 0 atom stereocenters. The number of nitrogens with zero attached hydrogens (tertiary/aromatic N) is 5. The van der Waals surface area contributed by atoms with Gasteiger partial charge >= 0.3 is 0 Å². The molecule has 1 aliphatic rings. The number of rotatable bonds is 1. The summed E-state index contributed by atoms with van der Waals surface area (Å²) in [5, 5.41) is 21.1. The van der Waals surface area contributed by atoms with Gasteiger partial charge in [-0.1, -0.05) is 0 Å². The van der Waals surface area contributed by atoms with Crippen molar-refractivity contribution in [3.05, 3.63) is 5.82 Å². The number of Topliss-reactive ketones (excluding diaryl/α,β-unsaturated/α-hetero) is 1. The van der Waals surface area contributed by atoms with E-state index in [0.717, 1.165) is 0 Å². The van der Waals surface area contributed by atoms with E-state index >= 15 is 0 Å². The second-order valence-electron chi connectivity index (χ2n) is 5.16. The molecule has 0 spiro atoms. The minimum absolute atomic E-state index is 0.0775. The van der Waals surface area contributed by atoms with Crippen LogP contribution >= 0.6 is 0 Å². The third-order valence-electron chi connectivity index (χ3n) is 2.65. The van der Waals surface area contributed by atoms with Crippen molar-refractivity contribution in [3.63, 3.8) is 0 Å². The molecule has 84 valence electrons. The quantitative estimate of drug-likeness (QED) is 0.688. The number of aromatic nitrogens is 4. The summed E-state index contributed by atoms with van der Waals surface area (Å²) in [7, 11) is 0. The molecule has 1 aromatic rings. The summed E-state index contributed by atoms with van der Waals surface area (Å²) < 4.78 is 0. The number of hydrogen-bond donors (Lipinski definition) is 0. The van der Waals surface area contributed by atoms with Gasteiger partial charge < -0.3 is 0 Å². The molecule has 2 rings (SSSR count). The zero-order valence-corrected chi connectivity index (χ0v) is 9.56. The number of carbonyl (C=O) groups is 1. The van der Waals surface area contributed by atoms with Crippen LogP contribution in [-0.2, 0) is 15.7 Å². The Morgan fingerprint density at radius 3 is 2.44 bits per heavy atom. The first-order valence-electron chi connectivity index (χ1n) is 5.11. The van der Waals surface area contributed by atoms with Crippen LogP contribution in [0, 0.1) is 11.3 Å². The normalized spacial score (nSPS) is 19.0. The molecular weight excluding hydrogens is 206 g/mol. The van der Waals surface area contributed by atoms with E-state index in [-0.39, 0.29) is 24.2 Å². The highest BCUT2D eigenvalue weighted by molar-refractivity contribution is 5.89. The molecule has 0 unspecified atom stereocenters. The first-order chi connectivity index (χ1) is 7.37. The Morgan fingerprint density at radius 2 is 2.06 bits per heavy atom. The lowest BCUT2D eigenvalue weighted by atomic mass is 9.68. The lowest BCUT2D eigenvalue weighted by molar-refractivity contribution is -0.126. The molecule has 0 N–H and O–H groups in total. The van der Waals surface area contributed by atoms with Crippen LogP contribution in [0.5, 0.6) is 0 Å². The van der Waals surface area contributed by atoms with Crippen molar-refractivity contribution in [2.45, 2.75) is 44.6 Å². The Morgan fingerprint density at radius 1 is 1.44 bits per heavy atom. The molecule has 0 saturated heterocycles. The number of nitriles is 1. The molecule has 6 heteroatoms. The Balaban J connectivity index is 2.33. The maximum atomic E-state index is 11.0. The highest BCUT2D eigenvalue weighted by Gasteiger charge is 2.49. The van der Waals surface area contributed by atoms with Gasteiger partial charge in [0.1, 0.15) is 11.2 Å². The van der Waals surface area contributed by atoms with E-state index in [9.17, 15) is 4.79 Å². The van der Waals surface area contributed by atoms with E-state index in [2.05, 4.69) is 21.5 Å². The third-order valence-corrected chi connectivity index (χ3v) is 2.65. The van der Waals surface area contributed by atoms with E-state index in [1.165, 1.54) is 4.80 Å². The van der Waals surface area contributed by atoms with Crippen LogP contribution in [0.25, 0.3) is 0 Å². The zero-order chi connectivity index (χ0) is 12.0. The maximum Gasteiger partial charge on any atom is 0.195 e. The molecule has 1 heterocycles. The molecule has 1 aromatic heterocycles.